The molecule has 3 nitrogen and oxygen atoms in total. The van der Waals surface area contributed by atoms with Crippen molar-refractivity contribution in [2.45, 2.75) is 32.8 Å². The van der Waals surface area contributed by atoms with Gasteiger partial charge in [-0.25, -0.2) is 0 Å². The number of aliphatic hydroxyl groups is 1. The van der Waals surface area contributed by atoms with Crippen molar-refractivity contribution in [3.05, 3.63) is 0 Å². The quantitative estimate of drug-likeness (QED) is 0.621. The monoisotopic (exact) mass is 215 g/mol. The Kier molecular flexibility index (Phi) is 5.58. The normalized spacial score (nSPS) is 18.8. The summed E-state index contributed by atoms with van der Waals surface area (Å²) in [7, 11) is 2.03. The third-order valence-electron chi connectivity index (χ3n) is 2.94. The van der Waals surface area contributed by atoms with Crippen LogP contribution in [0.5, 0.6) is 0 Å². The van der Waals surface area contributed by atoms with Gasteiger partial charge in [0, 0.05) is 19.7 Å². The van der Waals surface area contributed by atoms with Gasteiger partial charge in [0.25, 0.3) is 0 Å². The molecule has 1 unspecified atom stereocenters. The molecule has 90 valence electrons. The lowest BCUT2D eigenvalue weighted by atomic mass is 10.1. The van der Waals surface area contributed by atoms with Crippen molar-refractivity contribution in [1.29, 1.82) is 0 Å². The maximum atomic E-state index is 9.67. The zero-order chi connectivity index (χ0) is 11.3. The van der Waals surface area contributed by atoms with E-state index in [0.717, 1.165) is 32.2 Å². The largest absolute Gasteiger partial charge is 0.392 e. The molecule has 0 saturated heterocycles. The molecule has 15 heavy (non-hydrogen) atoms. The van der Waals surface area contributed by atoms with Crippen molar-refractivity contribution in [3.8, 4) is 0 Å². The molecular formula is C12H25NO2. The lowest BCUT2D eigenvalue weighted by Crippen LogP contribution is -2.34. The van der Waals surface area contributed by atoms with Gasteiger partial charge in [0.05, 0.1) is 12.7 Å². The highest BCUT2D eigenvalue weighted by Gasteiger charge is 2.21. The average molecular weight is 215 g/mol. The summed E-state index contributed by atoms with van der Waals surface area (Å²) in [5, 5.41) is 9.67. The molecule has 0 spiro atoms. The molecule has 3 heteroatoms. The zero-order valence-electron chi connectivity index (χ0n) is 10.3. The van der Waals surface area contributed by atoms with Crippen molar-refractivity contribution < 1.29 is 9.84 Å². The maximum absolute atomic E-state index is 9.67. The molecule has 0 heterocycles. The Morgan fingerprint density at radius 3 is 2.60 bits per heavy atom. The molecule has 0 aliphatic heterocycles. The molecule has 1 rings (SSSR count). The van der Waals surface area contributed by atoms with Crippen LogP contribution < -0.4 is 0 Å². The predicted molar refractivity (Wildman–Crippen MR) is 61.9 cm³/mol. The van der Waals surface area contributed by atoms with Crippen molar-refractivity contribution in [2.75, 3.05) is 33.4 Å². The van der Waals surface area contributed by atoms with Gasteiger partial charge in [0.1, 0.15) is 0 Å². The van der Waals surface area contributed by atoms with Gasteiger partial charge in [-0.05, 0) is 31.7 Å². The van der Waals surface area contributed by atoms with E-state index in [0.29, 0.717) is 5.92 Å². The maximum Gasteiger partial charge on any atom is 0.0689 e. The Morgan fingerprint density at radius 1 is 1.40 bits per heavy atom. The summed E-state index contributed by atoms with van der Waals surface area (Å²) in [6.07, 6.45) is 2.47. The van der Waals surface area contributed by atoms with E-state index in [-0.39, 0.29) is 6.10 Å². The molecule has 0 aromatic carbocycles. The highest BCUT2D eigenvalue weighted by molar-refractivity contribution is 4.72. The van der Waals surface area contributed by atoms with Crippen LogP contribution in [0, 0.1) is 11.8 Å². The summed E-state index contributed by atoms with van der Waals surface area (Å²) < 4.78 is 5.55. The summed E-state index contributed by atoms with van der Waals surface area (Å²) in [5.74, 6) is 1.18. The number of rotatable bonds is 8. The molecular weight excluding hydrogens is 190 g/mol. The fourth-order valence-corrected chi connectivity index (χ4v) is 1.38. The van der Waals surface area contributed by atoms with Crippen LogP contribution in [0.2, 0.25) is 0 Å². The van der Waals surface area contributed by atoms with Crippen LogP contribution in [0.3, 0.4) is 0 Å². The van der Waals surface area contributed by atoms with E-state index in [1.54, 1.807) is 0 Å². The average Bonchev–Trinajstić information content (AvgIpc) is 2.95. The second kappa shape index (κ2) is 6.46. The fourth-order valence-electron chi connectivity index (χ4n) is 1.38. The zero-order valence-corrected chi connectivity index (χ0v) is 10.3. The topological polar surface area (TPSA) is 32.7 Å². The summed E-state index contributed by atoms with van der Waals surface area (Å²) in [4.78, 5) is 2.14. The number of likely N-dealkylation sites (N-methyl/N-ethyl adjacent to an activating group) is 1. The first-order valence-corrected chi connectivity index (χ1v) is 6.04. The molecule has 1 aliphatic rings. The Labute approximate surface area is 93.4 Å². The van der Waals surface area contributed by atoms with Gasteiger partial charge in [0.2, 0.25) is 0 Å². The number of hydrogen-bond donors (Lipinski definition) is 1. The van der Waals surface area contributed by atoms with Crippen LogP contribution in [-0.4, -0.2) is 49.5 Å². The van der Waals surface area contributed by atoms with Crippen molar-refractivity contribution in [3.63, 3.8) is 0 Å². The summed E-state index contributed by atoms with van der Waals surface area (Å²) >= 11 is 0. The lowest BCUT2D eigenvalue weighted by Gasteiger charge is -2.22. The SMILES string of the molecule is CC(C)C(O)CN(C)CCOCC1CC1. The molecule has 1 fully saturated rings. The van der Waals surface area contributed by atoms with E-state index in [1.165, 1.54) is 12.8 Å². The van der Waals surface area contributed by atoms with Crippen molar-refractivity contribution in [1.82, 2.24) is 4.90 Å². The molecule has 0 aromatic rings. The molecule has 0 aromatic heterocycles. The van der Waals surface area contributed by atoms with Crippen LogP contribution >= 0.6 is 0 Å². The Morgan fingerprint density at radius 2 is 2.07 bits per heavy atom. The highest BCUT2D eigenvalue weighted by Crippen LogP contribution is 2.28. The second-order valence-electron chi connectivity index (χ2n) is 5.09. The summed E-state index contributed by atoms with van der Waals surface area (Å²) in [5.41, 5.74) is 0. The van der Waals surface area contributed by atoms with Gasteiger partial charge in [0.15, 0.2) is 0 Å². The standard InChI is InChI=1S/C12H25NO2/c1-10(2)12(14)8-13(3)6-7-15-9-11-4-5-11/h10-12,14H,4-9H2,1-3H3. The van der Waals surface area contributed by atoms with Gasteiger partial charge < -0.3 is 14.7 Å². The van der Waals surface area contributed by atoms with Gasteiger partial charge in [-0.15, -0.1) is 0 Å². The third kappa shape index (κ3) is 6.13. The first kappa shape index (κ1) is 12.9. The van der Waals surface area contributed by atoms with Crippen LogP contribution in [-0.2, 0) is 4.74 Å². The second-order valence-corrected chi connectivity index (χ2v) is 5.09. The van der Waals surface area contributed by atoms with E-state index in [4.69, 9.17) is 4.74 Å². The molecule has 0 amide bonds. The van der Waals surface area contributed by atoms with Gasteiger partial charge in [-0.2, -0.15) is 0 Å². The van der Waals surface area contributed by atoms with E-state index >= 15 is 0 Å². The first-order chi connectivity index (χ1) is 7.09. The number of nitrogens with zero attached hydrogens (tertiary/aromatic N) is 1. The molecule has 1 aliphatic carbocycles. The molecule has 1 N–H and O–H groups in total. The van der Waals surface area contributed by atoms with Crippen molar-refractivity contribution >= 4 is 0 Å². The number of ether oxygens (including phenoxy) is 1. The first-order valence-electron chi connectivity index (χ1n) is 6.04. The van der Waals surface area contributed by atoms with Crippen LogP contribution in [0.1, 0.15) is 26.7 Å². The van der Waals surface area contributed by atoms with Crippen LogP contribution in [0.15, 0.2) is 0 Å². The summed E-state index contributed by atoms with van der Waals surface area (Å²) in [6.45, 7) is 7.46. The molecule has 0 radical (unpaired) electrons. The highest BCUT2D eigenvalue weighted by atomic mass is 16.5. The third-order valence-corrected chi connectivity index (χ3v) is 2.94. The Hall–Kier alpha value is -0.120. The number of hydrogen-bond acceptors (Lipinski definition) is 3. The van der Waals surface area contributed by atoms with Gasteiger partial charge in [-0.1, -0.05) is 13.8 Å². The van der Waals surface area contributed by atoms with E-state index < -0.39 is 0 Å². The predicted octanol–water partition coefficient (Wildman–Crippen LogP) is 1.36. The smallest absolute Gasteiger partial charge is 0.0689 e. The Balaban J connectivity index is 1.94. The van der Waals surface area contributed by atoms with Crippen LogP contribution in [0.4, 0.5) is 0 Å². The molecule has 1 saturated carbocycles. The van der Waals surface area contributed by atoms with Crippen molar-refractivity contribution in [2.24, 2.45) is 11.8 Å². The minimum atomic E-state index is -0.224. The van der Waals surface area contributed by atoms with Gasteiger partial charge >= 0.3 is 0 Å². The Bertz CT molecular complexity index is 169. The van der Waals surface area contributed by atoms with Gasteiger partial charge in [-0.3, -0.25) is 0 Å². The minimum Gasteiger partial charge on any atom is -0.392 e. The summed E-state index contributed by atoms with van der Waals surface area (Å²) in [6, 6.07) is 0. The minimum absolute atomic E-state index is 0.224. The van der Waals surface area contributed by atoms with E-state index in [2.05, 4.69) is 4.90 Å². The lowest BCUT2D eigenvalue weighted by molar-refractivity contribution is 0.0616. The fraction of sp³-hybridized carbons (Fsp3) is 1.00. The molecule has 0 bridgehead atoms. The van der Waals surface area contributed by atoms with E-state index in [1.807, 2.05) is 20.9 Å². The molecule has 1 atom stereocenters. The van der Waals surface area contributed by atoms with E-state index in [9.17, 15) is 5.11 Å². The number of aliphatic hydroxyl groups excluding tert-OH is 1. The van der Waals surface area contributed by atoms with Crippen LogP contribution in [0.25, 0.3) is 0 Å².